The van der Waals surface area contributed by atoms with Crippen molar-refractivity contribution in [2.75, 3.05) is 13.6 Å². The van der Waals surface area contributed by atoms with Gasteiger partial charge in [-0.3, -0.25) is 9.88 Å². The Kier molecular flexibility index (Phi) is 6.11. The Balaban J connectivity index is 0.000000249. The zero-order chi connectivity index (χ0) is 12.7. The second kappa shape index (κ2) is 7.37. The molecule has 0 saturated carbocycles. The van der Waals surface area contributed by atoms with Gasteiger partial charge < -0.3 is 10.2 Å². The standard InChI is InChI=1S/C10H14N2.C3H8O2/c1-12-7-3-5-10(12)9-4-2-6-11-8-9;1-2-3(4)5/h2,4,6,8,10H,3,5,7H2,1H3;3-5H,2H2,1H3. The van der Waals surface area contributed by atoms with Crippen molar-refractivity contribution < 1.29 is 10.2 Å². The van der Waals surface area contributed by atoms with Gasteiger partial charge in [-0.05, 0) is 44.5 Å². The first-order valence-electron chi connectivity index (χ1n) is 6.11. The maximum Gasteiger partial charge on any atom is 0.151 e. The molecule has 0 aromatic carbocycles. The van der Waals surface area contributed by atoms with Crippen molar-refractivity contribution in [1.29, 1.82) is 0 Å². The third kappa shape index (κ3) is 4.81. The van der Waals surface area contributed by atoms with Crippen LogP contribution in [0.5, 0.6) is 0 Å². The van der Waals surface area contributed by atoms with Crippen molar-refractivity contribution in [2.45, 2.75) is 38.5 Å². The molecule has 2 heterocycles. The number of hydrogen-bond donors (Lipinski definition) is 2. The van der Waals surface area contributed by atoms with Crippen LogP contribution in [-0.2, 0) is 0 Å². The highest BCUT2D eigenvalue weighted by molar-refractivity contribution is 5.14. The molecule has 17 heavy (non-hydrogen) atoms. The van der Waals surface area contributed by atoms with Gasteiger partial charge in [0, 0.05) is 18.4 Å². The number of hydrogen-bond acceptors (Lipinski definition) is 4. The minimum atomic E-state index is -1.12. The van der Waals surface area contributed by atoms with Crippen LogP contribution < -0.4 is 0 Å². The molecule has 0 amide bonds. The highest BCUT2D eigenvalue weighted by Gasteiger charge is 2.21. The molecule has 1 aromatic heterocycles. The average molecular weight is 238 g/mol. The molecule has 4 nitrogen and oxygen atoms in total. The quantitative estimate of drug-likeness (QED) is 0.768. The predicted octanol–water partition coefficient (Wildman–Crippen LogP) is 1.56. The lowest BCUT2D eigenvalue weighted by atomic mass is 10.1. The third-order valence-corrected chi connectivity index (χ3v) is 2.95. The molecule has 1 unspecified atom stereocenters. The summed E-state index contributed by atoms with van der Waals surface area (Å²) in [4.78, 5) is 6.54. The summed E-state index contributed by atoms with van der Waals surface area (Å²) in [7, 11) is 2.19. The van der Waals surface area contributed by atoms with Crippen LogP contribution in [0, 0.1) is 0 Å². The van der Waals surface area contributed by atoms with Gasteiger partial charge >= 0.3 is 0 Å². The average Bonchev–Trinajstić information content (AvgIpc) is 2.77. The van der Waals surface area contributed by atoms with Crippen LogP contribution in [0.15, 0.2) is 24.5 Å². The van der Waals surface area contributed by atoms with Crippen LogP contribution in [0.2, 0.25) is 0 Å². The van der Waals surface area contributed by atoms with E-state index >= 15 is 0 Å². The fraction of sp³-hybridized carbons (Fsp3) is 0.615. The summed E-state index contributed by atoms with van der Waals surface area (Å²) in [6.45, 7) is 2.92. The van der Waals surface area contributed by atoms with E-state index in [-0.39, 0.29) is 0 Å². The van der Waals surface area contributed by atoms with Crippen LogP contribution in [-0.4, -0.2) is 40.0 Å². The zero-order valence-corrected chi connectivity index (χ0v) is 10.6. The van der Waals surface area contributed by atoms with Crippen LogP contribution in [0.1, 0.15) is 37.8 Å². The second-order valence-electron chi connectivity index (χ2n) is 4.31. The van der Waals surface area contributed by atoms with Crippen LogP contribution >= 0.6 is 0 Å². The molecular formula is C13H22N2O2. The first-order valence-corrected chi connectivity index (χ1v) is 6.11. The molecule has 1 fully saturated rings. The lowest BCUT2D eigenvalue weighted by Gasteiger charge is -2.18. The Labute approximate surface area is 103 Å². The molecule has 2 rings (SSSR count). The maximum absolute atomic E-state index is 7.92. The zero-order valence-electron chi connectivity index (χ0n) is 10.6. The van der Waals surface area contributed by atoms with Gasteiger partial charge in [0.1, 0.15) is 0 Å². The Morgan fingerprint density at radius 1 is 1.53 bits per heavy atom. The monoisotopic (exact) mass is 238 g/mol. The molecule has 1 aliphatic heterocycles. The predicted molar refractivity (Wildman–Crippen MR) is 67.4 cm³/mol. The molecule has 1 aliphatic rings. The number of pyridine rings is 1. The van der Waals surface area contributed by atoms with E-state index in [2.05, 4.69) is 23.0 Å². The van der Waals surface area contributed by atoms with Crippen molar-refractivity contribution >= 4 is 0 Å². The number of aromatic nitrogens is 1. The molecule has 0 aliphatic carbocycles. The highest BCUT2D eigenvalue weighted by atomic mass is 16.5. The van der Waals surface area contributed by atoms with E-state index in [1.54, 1.807) is 6.92 Å². The molecule has 0 bridgehead atoms. The summed E-state index contributed by atoms with van der Waals surface area (Å²) in [5.41, 5.74) is 1.36. The first-order chi connectivity index (χ1) is 8.15. The van der Waals surface area contributed by atoms with Gasteiger partial charge in [0.05, 0.1) is 0 Å². The summed E-state index contributed by atoms with van der Waals surface area (Å²) in [6.07, 6.45) is 5.71. The molecular weight excluding hydrogens is 216 g/mol. The number of aliphatic hydroxyl groups excluding tert-OH is 1. The van der Waals surface area contributed by atoms with Crippen molar-refractivity contribution in [3.05, 3.63) is 30.1 Å². The molecule has 1 atom stereocenters. The third-order valence-electron chi connectivity index (χ3n) is 2.95. The van der Waals surface area contributed by atoms with Crippen molar-refractivity contribution in [1.82, 2.24) is 9.88 Å². The van der Waals surface area contributed by atoms with E-state index in [9.17, 15) is 0 Å². The Hall–Kier alpha value is -0.970. The number of nitrogens with zero attached hydrogens (tertiary/aromatic N) is 2. The largest absolute Gasteiger partial charge is 0.368 e. The SMILES string of the molecule is CCC(O)O.CN1CCCC1c1cccnc1. The second-order valence-corrected chi connectivity index (χ2v) is 4.31. The fourth-order valence-electron chi connectivity index (χ4n) is 1.90. The Bertz CT molecular complexity index is 304. The smallest absolute Gasteiger partial charge is 0.151 e. The van der Waals surface area contributed by atoms with Gasteiger partial charge in [-0.25, -0.2) is 0 Å². The van der Waals surface area contributed by atoms with Crippen LogP contribution in [0.25, 0.3) is 0 Å². The molecule has 1 aromatic rings. The minimum Gasteiger partial charge on any atom is -0.368 e. The highest BCUT2D eigenvalue weighted by Crippen LogP contribution is 2.29. The van der Waals surface area contributed by atoms with Gasteiger partial charge in [0.25, 0.3) is 0 Å². The number of likely N-dealkylation sites (tertiary alicyclic amines) is 1. The lowest BCUT2D eigenvalue weighted by molar-refractivity contribution is -0.0413. The summed E-state index contributed by atoms with van der Waals surface area (Å²) < 4.78 is 0. The molecule has 4 heteroatoms. The van der Waals surface area contributed by atoms with Gasteiger partial charge in [0.15, 0.2) is 6.29 Å². The Morgan fingerprint density at radius 2 is 2.24 bits per heavy atom. The summed E-state index contributed by atoms with van der Waals surface area (Å²) >= 11 is 0. The molecule has 0 spiro atoms. The summed E-state index contributed by atoms with van der Waals surface area (Å²) in [5.74, 6) is 0. The van der Waals surface area contributed by atoms with E-state index in [0.717, 1.165) is 0 Å². The number of rotatable bonds is 2. The van der Waals surface area contributed by atoms with Gasteiger partial charge in [-0.2, -0.15) is 0 Å². The van der Waals surface area contributed by atoms with Gasteiger partial charge in [-0.1, -0.05) is 13.0 Å². The molecule has 96 valence electrons. The normalized spacial score (nSPS) is 20.2. The maximum atomic E-state index is 7.92. The van der Waals surface area contributed by atoms with E-state index in [0.29, 0.717) is 12.5 Å². The molecule has 0 radical (unpaired) electrons. The first kappa shape index (κ1) is 14.1. The Morgan fingerprint density at radius 3 is 2.65 bits per heavy atom. The van der Waals surface area contributed by atoms with E-state index < -0.39 is 6.29 Å². The minimum absolute atomic E-state index is 0.417. The summed E-state index contributed by atoms with van der Waals surface area (Å²) in [5, 5.41) is 15.8. The molecule has 1 saturated heterocycles. The van der Waals surface area contributed by atoms with Crippen molar-refractivity contribution in [2.24, 2.45) is 0 Å². The van der Waals surface area contributed by atoms with E-state index in [4.69, 9.17) is 10.2 Å². The topological polar surface area (TPSA) is 56.6 Å². The van der Waals surface area contributed by atoms with Crippen molar-refractivity contribution in [3.8, 4) is 0 Å². The van der Waals surface area contributed by atoms with Crippen molar-refractivity contribution in [3.63, 3.8) is 0 Å². The van der Waals surface area contributed by atoms with Gasteiger partial charge in [0.2, 0.25) is 0 Å². The fourth-order valence-corrected chi connectivity index (χ4v) is 1.90. The van der Waals surface area contributed by atoms with E-state index in [1.165, 1.54) is 24.9 Å². The van der Waals surface area contributed by atoms with Gasteiger partial charge in [-0.15, -0.1) is 0 Å². The van der Waals surface area contributed by atoms with E-state index in [1.807, 2.05) is 18.5 Å². The molecule has 2 N–H and O–H groups in total. The lowest BCUT2D eigenvalue weighted by Crippen LogP contribution is -2.17. The number of aliphatic hydroxyl groups is 2. The van der Waals surface area contributed by atoms with Crippen LogP contribution in [0.3, 0.4) is 0 Å². The summed E-state index contributed by atoms with van der Waals surface area (Å²) in [6, 6.07) is 4.79. The van der Waals surface area contributed by atoms with Crippen LogP contribution in [0.4, 0.5) is 0 Å².